The van der Waals surface area contributed by atoms with Gasteiger partial charge in [0.25, 0.3) is 0 Å². The Morgan fingerprint density at radius 1 is 0.885 bits per heavy atom. The first-order chi connectivity index (χ1) is 12.6. The first-order valence-electron chi connectivity index (χ1n) is 8.45. The van der Waals surface area contributed by atoms with Crippen molar-refractivity contribution in [2.24, 2.45) is 0 Å². The van der Waals surface area contributed by atoms with Gasteiger partial charge >= 0.3 is 0 Å². The minimum atomic E-state index is -3.55. The summed E-state index contributed by atoms with van der Waals surface area (Å²) < 4.78 is 36.4. The van der Waals surface area contributed by atoms with Gasteiger partial charge in [0, 0.05) is 39.3 Å². The zero-order valence-corrected chi connectivity index (χ0v) is 15.0. The Morgan fingerprint density at radius 3 is 2.04 bits per heavy atom. The van der Waals surface area contributed by atoms with Gasteiger partial charge in [0.1, 0.15) is 11.2 Å². The van der Waals surface area contributed by atoms with Crippen molar-refractivity contribution in [3.63, 3.8) is 0 Å². The molecule has 0 bridgehead atoms. The van der Waals surface area contributed by atoms with Crippen LogP contribution in [0.5, 0.6) is 0 Å². The van der Waals surface area contributed by atoms with E-state index in [4.69, 9.17) is 4.74 Å². The van der Waals surface area contributed by atoms with Crippen LogP contribution in [0.1, 0.15) is 0 Å². The van der Waals surface area contributed by atoms with Crippen LogP contribution in [0.25, 0.3) is 0 Å². The quantitative estimate of drug-likeness (QED) is 0.714. The fraction of sp³-hybridized carbons (Fsp3) is 0.533. The lowest BCUT2D eigenvalue weighted by Crippen LogP contribution is -2.49. The maximum atomic E-state index is 12.5. The Kier molecular flexibility index (Phi) is 4.74. The molecule has 11 heteroatoms. The van der Waals surface area contributed by atoms with Crippen molar-refractivity contribution in [1.29, 1.82) is 0 Å². The van der Waals surface area contributed by atoms with Gasteiger partial charge in [-0.25, -0.2) is 8.42 Å². The molecular weight excluding hydrogens is 360 g/mol. The van der Waals surface area contributed by atoms with Crippen molar-refractivity contribution in [3.8, 4) is 0 Å². The Balaban J connectivity index is 1.39. The Hall–Kier alpha value is -2.24. The summed E-state index contributed by atoms with van der Waals surface area (Å²) in [4.78, 5) is 4.26. The van der Waals surface area contributed by atoms with Gasteiger partial charge in [0.2, 0.25) is 10.0 Å². The molecule has 10 nitrogen and oxygen atoms in total. The molecule has 4 rings (SSSR count). The predicted molar refractivity (Wildman–Crippen MR) is 92.5 cm³/mol. The molecule has 4 heterocycles. The zero-order valence-electron chi connectivity index (χ0n) is 14.2. The van der Waals surface area contributed by atoms with Crippen molar-refractivity contribution < 1.29 is 17.7 Å². The molecule has 0 saturated carbocycles. The van der Waals surface area contributed by atoms with Crippen LogP contribution in [0.2, 0.25) is 0 Å². The third kappa shape index (κ3) is 3.37. The van der Waals surface area contributed by atoms with Gasteiger partial charge in [-0.2, -0.15) is 4.31 Å². The first-order valence-corrected chi connectivity index (χ1v) is 9.89. The van der Waals surface area contributed by atoms with Crippen molar-refractivity contribution >= 4 is 21.7 Å². The monoisotopic (exact) mass is 380 g/mol. The van der Waals surface area contributed by atoms with Gasteiger partial charge < -0.3 is 19.1 Å². The summed E-state index contributed by atoms with van der Waals surface area (Å²) in [6, 6.07) is 3.88. The van der Waals surface area contributed by atoms with Crippen molar-refractivity contribution in [1.82, 2.24) is 19.7 Å². The first kappa shape index (κ1) is 17.2. The fourth-order valence-corrected chi connectivity index (χ4v) is 4.36. The average molecular weight is 380 g/mol. The van der Waals surface area contributed by atoms with Crippen LogP contribution in [-0.4, -0.2) is 80.6 Å². The lowest BCUT2D eigenvalue weighted by Gasteiger charge is -2.34. The number of anilines is 2. The number of hydrogen-bond donors (Lipinski definition) is 0. The van der Waals surface area contributed by atoms with E-state index in [-0.39, 0.29) is 4.90 Å². The summed E-state index contributed by atoms with van der Waals surface area (Å²) in [5.41, 5.74) is 0. The third-order valence-electron chi connectivity index (χ3n) is 4.58. The smallest absolute Gasteiger partial charge is 0.248 e. The highest BCUT2D eigenvalue weighted by molar-refractivity contribution is 7.89. The molecule has 0 spiro atoms. The number of sulfonamides is 1. The van der Waals surface area contributed by atoms with Crippen LogP contribution in [-0.2, 0) is 14.8 Å². The lowest BCUT2D eigenvalue weighted by atomic mass is 10.3. The maximum absolute atomic E-state index is 12.5. The number of aromatic nitrogens is 3. The molecule has 0 aromatic carbocycles. The molecule has 2 aliphatic rings. The van der Waals surface area contributed by atoms with Crippen LogP contribution >= 0.6 is 0 Å². The number of nitrogens with zero attached hydrogens (tertiary/aromatic N) is 6. The summed E-state index contributed by atoms with van der Waals surface area (Å²) in [6.45, 7) is 4.88. The summed E-state index contributed by atoms with van der Waals surface area (Å²) in [5.74, 6) is 1.59. The van der Waals surface area contributed by atoms with Crippen molar-refractivity contribution in [2.45, 2.75) is 4.90 Å². The SMILES string of the molecule is O=S(=O)(c1cnoc1)N1CCN(c2ccc(N3CCOCC3)nn2)CC1. The molecule has 2 fully saturated rings. The summed E-state index contributed by atoms with van der Waals surface area (Å²) >= 11 is 0. The molecule has 0 aliphatic carbocycles. The minimum absolute atomic E-state index is 0.0839. The second kappa shape index (κ2) is 7.17. The molecule has 2 saturated heterocycles. The summed E-state index contributed by atoms with van der Waals surface area (Å²) in [5, 5.41) is 12.1. The largest absolute Gasteiger partial charge is 0.378 e. The van der Waals surface area contributed by atoms with E-state index in [1.807, 2.05) is 17.0 Å². The van der Waals surface area contributed by atoms with E-state index in [9.17, 15) is 8.42 Å². The van der Waals surface area contributed by atoms with Gasteiger partial charge in [-0.15, -0.1) is 10.2 Å². The van der Waals surface area contributed by atoms with E-state index < -0.39 is 10.0 Å². The molecule has 0 atom stereocenters. The van der Waals surface area contributed by atoms with Gasteiger partial charge in [-0.3, -0.25) is 0 Å². The lowest BCUT2D eigenvalue weighted by molar-refractivity contribution is 0.122. The van der Waals surface area contributed by atoms with E-state index in [2.05, 4.69) is 24.8 Å². The molecular formula is C15H20N6O4S. The number of piperazine rings is 1. The molecule has 0 radical (unpaired) electrons. The average Bonchev–Trinajstić information content (AvgIpc) is 3.25. The standard InChI is InChI=1S/C15H20N6O4S/c22-26(23,13-11-16-25-12-13)21-5-3-19(4-6-21)14-1-2-15(18-17-14)20-7-9-24-10-8-20/h1-2,11-12H,3-10H2. The molecule has 2 aromatic rings. The van der Waals surface area contributed by atoms with Crippen LogP contribution < -0.4 is 9.80 Å². The second-order valence-corrected chi connectivity index (χ2v) is 8.04. The topological polar surface area (TPSA) is 105 Å². The molecule has 2 aliphatic heterocycles. The maximum Gasteiger partial charge on any atom is 0.248 e. The molecule has 0 N–H and O–H groups in total. The van der Waals surface area contributed by atoms with Crippen LogP contribution in [0.4, 0.5) is 11.6 Å². The number of rotatable bonds is 4. The zero-order chi connectivity index (χ0) is 18.0. The van der Waals surface area contributed by atoms with E-state index in [1.54, 1.807) is 0 Å². The highest BCUT2D eigenvalue weighted by atomic mass is 32.2. The van der Waals surface area contributed by atoms with Crippen molar-refractivity contribution in [2.75, 3.05) is 62.3 Å². The van der Waals surface area contributed by atoms with Gasteiger partial charge in [-0.05, 0) is 12.1 Å². The molecule has 2 aromatic heterocycles. The molecule has 0 amide bonds. The second-order valence-electron chi connectivity index (χ2n) is 6.10. The van der Waals surface area contributed by atoms with E-state index in [0.717, 1.165) is 31.0 Å². The van der Waals surface area contributed by atoms with Crippen LogP contribution in [0.3, 0.4) is 0 Å². The van der Waals surface area contributed by atoms with Crippen molar-refractivity contribution in [3.05, 3.63) is 24.6 Å². The van der Waals surface area contributed by atoms with Gasteiger partial charge in [0.05, 0.1) is 19.4 Å². The Morgan fingerprint density at radius 2 is 1.50 bits per heavy atom. The Bertz CT molecular complexity index is 812. The third-order valence-corrected chi connectivity index (χ3v) is 6.42. The van der Waals surface area contributed by atoms with E-state index in [1.165, 1.54) is 10.5 Å². The highest BCUT2D eigenvalue weighted by Crippen LogP contribution is 2.20. The number of hydrogen-bond acceptors (Lipinski definition) is 9. The van der Waals surface area contributed by atoms with Gasteiger partial charge in [-0.1, -0.05) is 5.16 Å². The highest BCUT2D eigenvalue weighted by Gasteiger charge is 2.30. The van der Waals surface area contributed by atoms with Crippen LogP contribution in [0, 0.1) is 0 Å². The van der Waals surface area contributed by atoms with Crippen LogP contribution in [0.15, 0.2) is 34.0 Å². The van der Waals surface area contributed by atoms with Gasteiger partial charge in [0.15, 0.2) is 11.6 Å². The van der Waals surface area contributed by atoms with E-state index in [0.29, 0.717) is 39.4 Å². The fourth-order valence-electron chi connectivity index (χ4n) is 3.08. The molecule has 26 heavy (non-hydrogen) atoms. The van der Waals surface area contributed by atoms with E-state index >= 15 is 0 Å². The number of ether oxygens (including phenoxy) is 1. The normalized spacial score (nSPS) is 19.7. The molecule has 140 valence electrons. The predicted octanol–water partition coefficient (Wildman–Crippen LogP) is -0.188. The minimum Gasteiger partial charge on any atom is -0.378 e. The summed E-state index contributed by atoms with van der Waals surface area (Å²) in [6.07, 6.45) is 2.37. The number of morpholine rings is 1. The Labute approximate surface area is 151 Å². The molecule has 0 unspecified atom stereocenters. The summed E-state index contributed by atoms with van der Waals surface area (Å²) in [7, 11) is -3.55.